The molecule has 1 aliphatic heterocycles. The molecule has 0 spiro atoms. The van der Waals surface area contributed by atoms with E-state index in [1.54, 1.807) is 7.05 Å². The predicted molar refractivity (Wildman–Crippen MR) is 98.9 cm³/mol. The zero-order valence-corrected chi connectivity index (χ0v) is 15.3. The lowest BCUT2D eigenvalue weighted by molar-refractivity contribution is -0.128. The van der Waals surface area contributed by atoms with Gasteiger partial charge in [0, 0.05) is 7.05 Å². The Balaban J connectivity index is 2.07. The fourth-order valence-corrected chi connectivity index (χ4v) is 3.09. The molecule has 0 radical (unpaired) electrons. The summed E-state index contributed by atoms with van der Waals surface area (Å²) >= 11 is 0. The number of benzene rings is 1. The average Bonchev–Trinajstić information content (AvgIpc) is 2.96. The monoisotopic (exact) mass is 337 g/mol. The largest absolute Gasteiger partial charge is 0.369 e. The number of guanidine groups is 1. The molecule has 1 aromatic heterocycles. The van der Waals surface area contributed by atoms with Crippen LogP contribution >= 0.6 is 0 Å². The Labute approximate surface area is 147 Å². The number of carbonyl (C=O) groups is 1. The minimum Gasteiger partial charge on any atom is -0.369 e. The van der Waals surface area contributed by atoms with E-state index in [4.69, 9.17) is 5.73 Å². The van der Waals surface area contributed by atoms with Crippen LogP contribution in [0.4, 0.5) is 0 Å². The molecule has 25 heavy (non-hydrogen) atoms. The van der Waals surface area contributed by atoms with Gasteiger partial charge in [-0.25, -0.2) is 9.98 Å². The van der Waals surface area contributed by atoms with Gasteiger partial charge in [-0.05, 0) is 45.4 Å². The number of nitrogens with zero attached hydrogens (tertiary/aromatic N) is 3. The lowest BCUT2D eigenvalue weighted by atomic mass is 9.87. The van der Waals surface area contributed by atoms with Gasteiger partial charge in [0.1, 0.15) is 5.82 Å². The predicted octanol–water partition coefficient (Wildman–Crippen LogP) is 2.26. The molecule has 130 valence electrons. The summed E-state index contributed by atoms with van der Waals surface area (Å²) in [6.07, 6.45) is 0.281. The summed E-state index contributed by atoms with van der Waals surface area (Å²) in [6.45, 7) is 7.81. The van der Waals surface area contributed by atoms with Gasteiger partial charge in [0.15, 0.2) is 5.96 Å². The zero-order valence-electron chi connectivity index (χ0n) is 15.3. The summed E-state index contributed by atoms with van der Waals surface area (Å²) < 4.78 is 0. The van der Waals surface area contributed by atoms with Crippen LogP contribution in [-0.4, -0.2) is 33.8 Å². The molecule has 2 aromatic rings. The van der Waals surface area contributed by atoms with Gasteiger partial charge in [0.25, 0.3) is 0 Å². The average molecular weight is 337 g/mol. The second kappa shape index (κ2) is 5.62. The molecule has 3 rings (SSSR count). The summed E-state index contributed by atoms with van der Waals surface area (Å²) in [7, 11) is 1.64. The highest BCUT2D eigenvalue weighted by atomic mass is 16.2. The topological polar surface area (TPSA) is 87.4 Å². The maximum atomic E-state index is 12.2. The van der Waals surface area contributed by atoms with Crippen LogP contribution in [0.5, 0.6) is 0 Å². The summed E-state index contributed by atoms with van der Waals surface area (Å²) in [5, 5.41) is 0. The van der Waals surface area contributed by atoms with Crippen LogP contribution in [0.15, 0.2) is 23.2 Å². The number of imidazole rings is 1. The van der Waals surface area contributed by atoms with Gasteiger partial charge in [-0.15, -0.1) is 5.92 Å². The molecule has 0 bridgehead atoms. The highest BCUT2D eigenvalue weighted by Crippen LogP contribution is 2.34. The van der Waals surface area contributed by atoms with Gasteiger partial charge in [0.05, 0.1) is 28.4 Å². The molecule has 1 amide bonds. The van der Waals surface area contributed by atoms with Crippen LogP contribution in [0.2, 0.25) is 0 Å². The number of rotatable bonds is 2. The number of nitrogens with one attached hydrogen (secondary N) is 1. The molecule has 0 saturated heterocycles. The van der Waals surface area contributed by atoms with Crippen LogP contribution in [0.25, 0.3) is 11.0 Å². The molecule has 6 nitrogen and oxygen atoms in total. The second-order valence-electron chi connectivity index (χ2n) is 7.19. The van der Waals surface area contributed by atoms with Crippen molar-refractivity contribution in [1.29, 1.82) is 0 Å². The number of carbonyl (C=O) groups excluding carboxylic acids is 1. The Kier molecular flexibility index (Phi) is 3.83. The molecule has 1 unspecified atom stereocenters. The number of H-pyrrole nitrogens is 1. The van der Waals surface area contributed by atoms with Gasteiger partial charge in [-0.1, -0.05) is 12.0 Å². The Morgan fingerprint density at radius 2 is 2.12 bits per heavy atom. The number of amides is 1. The van der Waals surface area contributed by atoms with Gasteiger partial charge < -0.3 is 10.7 Å². The zero-order chi connectivity index (χ0) is 18.4. The summed E-state index contributed by atoms with van der Waals surface area (Å²) in [4.78, 5) is 26.2. The van der Waals surface area contributed by atoms with Crippen LogP contribution in [-0.2, 0) is 15.7 Å². The van der Waals surface area contributed by atoms with Crippen molar-refractivity contribution in [1.82, 2.24) is 14.9 Å². The minimum atomic E-state index is -0.675. The van der Waals surface area contributed by atoms with Crippen molar-refractivity contribution in [3.8, 4) is 11.8 Å². The van der Waals surface area contributed by atoms with Crippen LogP contribution < -0.4 is 5.73 Å². The SMILES string of the molecule is CC#CC(C)(C)c1nc2ccc(C3(C)CC(=O)N(C)C(N)=N3)cc2[nH]1. The van der Waals surface area contributed by atoms with Crippen molar-refractivity contribution in [2.75, 3.05) is 7.05 Å². The van der Waals surface area contributed by atoms with Crippen molar-refractivity contribution in [3.05, 3.63) is 29.6 Å². The van der Waals surface area contributed by atoms with Gasteiger partial charge >= 0.3 is 0 Å². The first kappa shape index (κ1) is 17.0. The number of hydrogen-bond acceptors (Lipinski definition) is 4. The molecule has 0 fully saturated rings. The van der Waals surface area contributed by atoms with E-state index < -0.39 is 5.54 Å². The third-order valence-electron chi connectivity index (χ3n) is 4.71. The van der Waals surface area contributed by atoms with Gasteiger partial charge in [-0.2, -0.15) is 0 Å². The Hall–Kier alpha value is -2.81. The van der Waals surface area contributed by atoms with Crippen LogP contribution in [0.1, 0.15) is 45.5 Å². The highest BCUT2D eigenvalue weighted by Gasteiger charge is 2.36. The summed E-state index contributed by atoms with van der Waals surface area (Å²) in [6, 6.07) is 5.90. The van der Waals surface area contributed by atoms with Crippen molar-refractivity contribution in [3.63, 3.8) is 0 Å². The third-order valence-corrected chi connectivity index (χ3v) is 4.71. The number of hydrogen-bond donors (Lipinski definition) is 2. The number of aliphatic imine (C=N–C) groups is 1. The van der Waals surface area contributed by atoms with E-state index >= 15 is 0 Å². The standard InChI is InChI=1S/C19H23N5O/c1-6-9-18(2,3)16-21-13-8-7-12(10-14(13)22-16)19(4)11-15(25)24(5)17(20)23-19/h7-8,10H,11H2,1-5H3,(H2,20,23)(H,21,22). The van der Waals surface area contributed by atoms with Crippen molar-refractivity contribution < 1.29 is 4.79 Å². The van der Waals surface area contributed by atoms with Gasteiger partial charge in [0.2, 0.25) is 5.91 Å². The van der Waals surface area contributed by atoms with E-state index in [0.717, 1.165) is 22.4 Å². The fraction of sp³-hybridized carbons (Fsp3) is 0.421. The first-order valence-corrected chi connectivity index (χ1v) is 8.23. The molecule has 1 aliphatic rings. The molecule has 1 atom stereocenters. The lowest BCUT2D eigenvalue weighted by Crippen LogP contribution is -2.47. The maximum Gasteiger partial charge on any atom is 0.231 e. The first-order valence-electron chi connectivity index (χ1n) is 8.23. The van der Waals surface area contributed by atoms with Crippen LogP contribution in [0.3, 0.4) is 0 Å². The molecule has 3 N–H and O–H groups in total. The number of aromatic nitrogens is 2. The molecule has 6 heteroatoms. The Bertz CT molecular complexity index is 944. The fourth-order valence-electron chi connectivity index (χ4n) is 3.09. The van der Waals surface area contributed by atoms with E-state index in [1.165, 1.54) is 4.90 Å². The number of aromatic amines is 1. The quantitative estimate of drug-likeness (QED) is 0.824. The number of nitrogens with two attached hydrogens (primary N) is 1. The van der Waals surface area contributed by atoms with Gasteiger partial charge in [-0.3, -0.25) is 9.69 Å². The molecular formula is C19H23N5O. The van der Waals surface area contributed by atoms with E-state index in [9.17, 15) is 4.79 Å². The molecular weight excluding hydrogens is 314 g/mol. The highest BCUT2D eigenvalue weighted by molar-refractivity contribution is 5.98. The van der Waals surface area contributed by atoms with Crippen molar-refractivity contribution in [2.45, 2.75) is 45.1 Å². The number of fused-ring (bicyclic) bond motifs is 1. The summed E-state index contributed by atoms with van der Waals surface area (Å²) in [5.41, 5.74) is 7.57. The molecule has 1 aromatic carbocycles. The Morgan fingerprint density at radius 3 is 2.76 bits per heavy atom. The normalized spacial score (nSPS) is 21.1. The molecule has 0 saturated carbocycles. The second-order valence-corrected chi connectivity index (χ2v) is 7.19. The third kappa shape index (κ3) is 2.86. The molecule has 2 heterocycles. The molecule has 0 aliphatic carbocycles. The van der Waals surface area contributed by atoms with Crippen molar-refractivity contribution in [2.24, 2.45) is 10.7 Å². The van der Waals surface area contributed by atoms with Crippen LogP contribution in [0, 0.1) is 11.8 Å². The first-order chi connectivity index (χ1) is 11.7. The van der Waals surface area contributed by atoms with E-state index in [0.29, 0.717) is 0 Å². The maximum absolute atomic E-state index is 12.2. The van der Waals surface area contributed by atoms with E-state index in [2.05, 4.69) is 26.8 Å². The summed E-state index contributed by atoms with van der Waals surface area (Å²) in [5.74, 6) is 7.14. The lowest BCUT2D eigenvalue weighted by Gasteiger charge is -2.33. The smallest absolute Gasteiger partial charge is 0.231 e. The Morgan fingerprint density at radius 1 is 1.40 bits per heavy atom. The van der Waals surface area contributed by atoms with E-state index in [-0.39, 0.29) is 23.7 Å². The van der Waals surface area contributed by atoms with Crippen molar-refractivity contribution >= 4 is 22.9 Å². The minimum absolute atomic E-state index is 0.0419. The van der Waals surface area contributed by atoms with E-state index in [1.807, 2.05) is 45.9 Å².